The molecule has 0 amide bonds. The molecule has 9 aromatic rings. The van der Waals surface area contributed by atoms with E-state index in [0.717, 1.165) is 0 Å². The van der Waals surface area contributed by atoms with Crippen molar-refractivity contribution in [2.75, 3.05) is 24.3 Å². The van der Waals surface area contributed by atoms with Gasteiger partial charge in [-0.15, -0.1) is 20.4 Å². The molecule has 0 bridgehead atoms. The van der Waals surface area contributed by atoms with Gasteiger partial charge in [0.05, 0.1) is 73.1 Å². The quantitative estimate of drug-likeness (QED) is 0.0470. The molecule has 476 valence electrons. The third-order valence-electron chi connectivity index (χ3n) is 12.7. The summed E-state index contributed by atoms with van der Waals surface area (Å²) in [6.07, 6.45) is -5.02. The minimum atomic E-state index is -4.69. The van der Waals surface area contributed by atoms with E-state index in [4.69, 9.17) is 31.8 Å². The average Bonchev–Trinajstić information content (AvgIpc) is 1.56. The zero-order valence-electron chi connectivity index (χ0n) is 48.6. The number of aromatic nitrogens is 10. The lowest BCUT2D eigenvalue weighted by molar-refractivity contribution is -0.153. The number of sulfone groups is 2. The Morgan fingerprint density at radius 2 is 0.944 bits per heavy atom. The number of esters is 1. The van der Waals surface area contributed by atoms with E-state index in [2.05, 4.69) is 75.7 Å². The maximum Gasteiger partial charge on any atom is 0.408 e. The Balaban J connectivity index is 0.000000218. The summed E-state index contributed by atoms with van der Waals surface area (Å²) in [4.78, 5) is 36.0. The summed E-state index contributed by atoms with van der Waals surface area (Å²) in [6.45, 7) is 11.1. The molecule has 1 unspecified atom stereocenters. The Kier molecular flexibility index (Phi) is 21.1. The number of nitrogens with one attached hydrogen (secondary N) is 1. The molecule has 0 aliphatic carbocycles. The number of anilines is 3. The van der Waals surface area contributed by atoms with Crippen LogP contribution in [0.2, 0.25) is 0 Å². The van der Waals surface area contributed by atoms with Gasteiger partial charge in [-0.3, -0.25) is 0 Å². The van der Waals surface area contributed by atoms with Crippen molar-refractivity contribution in [2.45, 2.75) is 97.9 Å². The molecule has 9 N–H and O–H groups in total. The summed E-state index contributed by atoms with van der Waals surface area (Å²) < 4.78 is 159. The van der Waals surface area contributed by atoms with Crippen LogP contribution in [-0.2, 0) is 35.4 Å². The summed E-state index contributed by atoms with van der Waals surface area (Å²) in [6, 6.07) is 18.6. The Bertz CT molecular complexity index is 4270. The van der Waals surface area contributed by atoms with Gasteiger partial charge in [0.1, 0.15) is 16.7 Å². The second kappa shape index (κ2) is 27.6. The largest absolute Gasteiger partial charge is 0.464 e. The van der Waals surface area contributed by atoms with Gasteiger partial charge in [-0.1, -0.05) is 48.5 Å². The van der Waals surface area contributed by atoms with Crippen LogP contribution < -0.4 is 27.7 Å². The molecule has 0 spiro atoms. The van der Waals surface area contributed by atoms with E-state index in [0.29, 0.717) is 38.2 Å². The molecule has 4 aromatic carbocycles. The highest BCUT2D eigenvalue weighted by Gasteiger charge is 2.43. The number of hydrogen-bond acceptors (Lipinski definition) is 23. The number of ether oxygens (including phenoxy) is 1. The fourth-order valence-corrected chi connectivity index (χ4v) is 10.7. The summed E-state index contributed by atoms with van der Waals surface area (Å²) in [7, 11) is -7.58. The fraction of sp³-hybridized carbons (Fsp3) is 0.268. The molecule has 0 saturated heterocycles. The molecule has 3 atom stereocenters. The van der Waals surface area contributed by atoms with Gasteiger partial charge in [-0.05, 0) is 124 Å². The van der Waals surface area contributed by atoms with Crippen LogP contribution in [0.25, 0.3) is 68.6 Å². The van der Waals surface area contributed by atoms with Crippen LogP contribution >= 0.6 is 15.9 Å². The third-order valence-corrected chi connectivity index (χ3v) is 19.0. The Labute approximate surface area is 521 Å². The summed E-state index contributed by atoms with van der Waals surface area (Å²) in [5, 5.41) is 14.7. The number of nitrogen functional groups attached to an aromatic ring is 3. The predicted molar refractivity (Wildman–Crippen MR) is 324 cm³/mol. The van der Waals surface area contributed by atoms with E-state index in [1.807, 2.05) is 0 Å². The van der Waals surface area contributed by atoms with E-state index in [9.17, 15) is 52.2 Å². The van der Waals surface area contributed by atoms with Crippen LogP contribution in [0, 0.1) is 0 Å². The molecule has 5 aromatic heterocycles. The molecule has 24 nitrogen and oxygen atoms in total. The number of carbonyl (C=O) groups excluding carboxylic acids is 1. The van der Waals surface area contributed by atoms with Gasteiger partial charge in [-0.25, -0.2) is 60.5 Å². The SMILES string of the molecule is CC(C)S(=O)(=O)c1ccc(-c2cnc(N)c(-c3nnc(-c4ccc([C@H](N)C(F)(F)F)cc4)o3)n2)cc1.CC(C)S(=O)(=O)c1ccc(-c2cnc(N)c(-c3nnc(-c4ccc([C@H](NS(=O)C(C)(C)C)C(F)(F)F)cc4)o3)n2)cc1.COC(=O)c1nc(Br)cnc1N. The van der Waals surface area contributed by atoms with E-state index < -0.39 is 76.3 Å². The number of nitrogens with zero attached hydrogens (tertiary/aromatic N) is 10. The predicted octanol–water partition coefficient (Wildman–Crippen LogP) is 10.1. The van der Waals surface area contributed by atoms with Crippen molar-refractivity contribution >= 4 is 70.0 Å². The van der Waals surface area contributed by atoms with Crippen LogP contribution in [0.15, 0.2) is 139 Å². The van der Waals surface area contributed by atoms with Gasteiger partial charge >= 0.3 is 18.3 Å². The standard InChI is InChI=1S/C27H29F3N6O4S2.C23H21F3N6O3S.C6H6BrN3O2/c1-15(2)42(38,39)19-12-10-16(11-13-19)20-14-32-23(31)21(33-20)25-35-34-24(40-25)18-8-6-17(7-9-18)22(27(28,29)30)36-41(37)26(3,4)5;1-12(2)36(33,34)16-9-7-13(8-10-16)17-11-29-20(28)18(30-17)22-32-31-21(35-22)15-5-3-14(4-6-15)19(27)23(24,25)26;1-12-6(11)4-5(8)9-2-3(7)10-4/h6-15,22,36H,1-5H3,(H2,31,32);3-12,19H,27H2,1-2H3,(H2,28,29);2H,1H3,(H2,8,9)/t22-,41?;19-;/m00./s1. The average molecular weight is 1370 g/mol. The minimum absolute atomic E-state index is 0.00110. The van der Waals surface area contributed by atoms with Crippen molar-refractivity contribution < 1.29 is 65.8 Å². The van der Waals surface area contributed by atoms with Crippen molar-refractivity contribution in [1.29, 1.82) is 0 Å². The monoisotopic (exact) mass is 1370 g/mol. The topological polar surface area (TPSA) is 383 Å². The van der Waals surface area contributed by atoms with Gasteiger partial charge in [0.15, 0.2) is 54.2 Å². The summed E-state index contributed by atoms with van der Waals surface area (Å²) >= 11 is 3.06. The van der Waals surface area contributed by atoms with Gasteiger partial charge in [0.2, 0.25) is 11.8 Å². The third kappa shape index (κ3) is 16.4. The maximum atomic E-state index is 13.8. The van der Waals surface area contributed by atoms with Gasteiger partial charge < -0.3 is 36.5 Å². The second-order valence-corrected chi connectivity index (χ2v) is 28.5. The van der Waals surface area contributed by atoms with Crippen LogP contribution in [-0.4, -0.2) is 112 Å². The van der Waals surface area contributed by atoms with Crippen LogP contribution in [0.4, 0.5) is 43.8 Å². The number of alkyl halides is 6. The molecule has 0 radical (unpaired) electrons. The second-order valence-electron chi connectivity index (χ2n) is 20.7. The summed E-state index contributed by atoms with van der Waals surface area (Å²) in [5.41, 5.74) is 25.1. The molecule has 90 heavy (non-hydrogen) atoms. The van der Waals surface area contributed by atoms with Crippen LogP contribution in [0.3, 0.4) is 0 Å². The summed E-state index contributed by atoms with van der Waals surface area (Å²) in [5.74, 6) is -0.615. The molecule has 0 saturated carbocycles. The first-order valence-electron chi connectivity index (χ1n) is 26.3. The molecular weight excluding hydrogens is 1320 g/mol. The number of nitrogens with two attached hydrogens (primary N) is 4. The highest BCUT2D eigenvalue weighted by Crippen LogP contribution is 2.37. The highest BCUT2D eigenvalue weighted by molar-refractivity contribution is 9.10. The van der Waals surface area contributed by atoms with Crippen molar-refractivity contribution in [1.82, 2.24) is 55.0 Å². The van der Waals surface area contributed by atoms with E-state index in [1.54, 1.807) is 72.7 Å². The number of hydrogen-bond donors (Lipinski definition) is 5. The first kappa shape index (κ1) is 68.8. The molecule has 34 heteroatoms. The Hall–Kier alpha value is -8.70. The lowest BCUT2D eigenvalue weighted by Crippen LogP contribution is -2.41. The van der Waals surface area contributed by atoms with Crippen molar-refractivity contribution in [2.24, 2.45) is 5.73 Å². The maximum absolute atomic E-state index is 13.8. The minimum Gasteiger partial charge on any atom is -0.464 e. The van der Waals surface area contributed by atoms with Gasteiger partial charge in [-0.2, -0.15) is 26.3 Å². The first-order chi connectivity index (χ1) is 42.0. The van der Waals surface area contributed by atoms with E-state index >= 15 is 0 Å². The van der Waals surface area contributed by atoms with Gasteiger partial charge in [0, 0.05) is 22.3 Å². The molecule has 9 rings (SSSR count). The lowest BCUT2D eigenvalue weighted by atomic mass is 10.1. The van der Waals surface area contributed by atoms with E-state index in [1.165, 1.54) is 98.5 Å². The fourth-order valence-electron chi connectivity index (χ4n) is 7.51. The smallest absolute Gasteiger partial charge is 0.408 e. The van der Waals surface area contributed by atoms with Crippen LogP contribution in [0.5, 0.6) is 0 Å². The highest BCUT2D eigenvalue weighted by atomic mass is 79.9. The van der Waals surface area contributed by atoms with Gasteiger partial charge in [0.25, 0.3) is 11.8 Å². The number of halogens is 7. The molecule has 0 aliphatic rings. The Morgan fingerprint density at radius 3 is 1.31 bits per heavy atom. The number of carbonyl (C=O) groups is 1. The molecule has 5 heterocycles. The van der Waals surface area contributed by atoms with Crippen molar-refractivity contribution in [3.8, 4) is 68.6 Å². The molecule has 0 aliphatic heterocycles. The lowest BCUT2D eigenvalue weighted by Gasteiger charge is -2.26. The number of benzene rings is 4. The number of methoxy groups -OCH3 is 1. The number of rotatable bonds is 15. The zero-order chi connectivity index (χ0) is 66.4. The normalized spacial score (nSPS) is 13.2. The Morgan fingerprint density at radius 1 is 0.567 bits per heavy atom. The van der Waals surface area contributed by atoms with E-state index in [-0.39, 0.29) is 79.0 Å². The first-order valence-corrected chi connectivity index (χ1v) is 31.3. The van der Waals surface area contributed by atoms with Crippen molar-refractivity contribution in [3.05, 3.63) is 137 Å². The van der Waals surface area contributed by atoms with Crippen LogP contribution in [0.1, 0.15) is 82.2 Å². The van der Waals surface area contributed by atoms with Crippen molar-refractivity contribution in [3.63, 3.8) is 0 Å². The molecular formula is C56H56BrF6N15O9S3. The molecule has 0 fully saturated rings. The zero-order valence-corrected chi connectivity index (χ0v) is 52.6.